The molecule has 0 aliphatic heterocycles. The molecule has 5 nitrogen and oxygen atoms in total. The van der Waals surface area contributed by atoms with Gasteiger partial charge in [-0.2, -0.15) is 0 Å². The molecule has 2 rings (SSSR count). The minimum absolute atomic E-state index is 0.0259. The predicted molar refractivity (Wildman–Crippen MR) is 77.4 cm³/mol. The summed E-state index contributed by atoms with van der Waals surface area (Å²) in [4.78, 5) is 15.6. The Bertz CT molecular complexity index is 582. The summed E-state index contributed by atoms with van der Waals surface area (Å²) in [5.74, 6) is 0.121. The van der Waals surface area contributed by atoms with Gasteiger partial charge in [0, 0.05) is 12.7 Å². The number of benzene rings is 1. The fraction of sp³-hybridized carbons (Fsp3) is 0.200. The van der Waals surface area contributed by atoms with Gasteiger partial charge in [-0.1, -0.05) is 18.2 Å². The maximum Gasteiger partial charge on any atom is 0.224 e. The van der Waals surface area contributed by atoms with E-state index in [2.05, 4.69) is 15.6 Å². The first-order valence-corrected chi connectivity index (χ1v) is 6.35. The van der Waals surface area contributed by atoms with Crippen LogP contribution in [0.5, 0.6) is 5.75 Å². The van der Waals surface area contributed by atoms with Crippen LogP contribution in [0.3, 0.4) is 0 Å². The molecule has 0 fully saturated rings. The number of pyridine rings is 1. The fourth-order valence-corrected chi connectivity index (χ4v) is 1.82. The van der Waals surface area contributed by atoms with Gasteiger partial charge < -0.3 is 15.7 Å². The highest BCUT2D eigenvalue weighted by Crippen LogP contribution is 2.17. The molecule has 1 aromatic carbocycles. The Hall–Kier alpha value is -2.56. The van der Waals surface area contributed by atoms with Crippen molar-refractivity contribution in [3.05, 3.63) is 53.9 Å². The van der Waals surface area contributed by atoms with E-state index in [4.69, 9.17) is 0 Å². The normalized spacial score (nSPS) is 10.1. The van der Waals surface area contributed by atoms with Crippen LogP contribution in [0, 0.1) is 0 Å². The lowest BCUT2D eigenvalue weighted by Crippen LogP contribution is -2.20. The second-order valence-electron chi connectivity index (χ2n) is 4.37. The first-order chi connectivity index (χ1) is 9.69. The van der Waals surface area contributed by atoms with Gasteiger partial charge in [-0.3, -0.25) is 9.78 Å². The Morgan fingerprint density at radius 1 is 1.25 bits per heavy atom. The number of hydrogen-bond donors (Lipinski definition) is 3. The van der Waals surface area contributed by atoms with Gasteiger partial charge in [-0.05, 0) is 23.8 Å². The van der Waals surface area contributed by atoms with Crippen molar-refractivity contribution in [2.45, 2.75) is 13.0 Å². The molecule has 0 saturated heterocycles. The van der Waals surface area contributed by atoms with Crippen LogP contribution in [0.1, 0.15) is 11.3 Å². The van der Waals surface area contributed by atoms with Gasteiger partial charge in [0.15, 0.2) is 0 Å². The zero-order chi connectivity index (χ0) is 14.4. The maximum absolute atomic E-state index is 11.5. The lowest BCUT2D eigenvalue weighted by Gasteiger charge is -2.11. The number of para-hydroxylation sites is 1. The van der Waals surface area contributed by atoms with Crippen molar-refractivity contribution in [2.24, 2.45) is 0 Å². The highest BCUT2D eigenvalue weighted by Gasteiger charge is 2.06. The van der Waals surface area contributed by atoms with E-state index >= 15 is 0 Å². The van der Waals surface area contributed by atoms with Crippen LogP contribution in [0.15, 0.2) is 42.6 Å². The van der Waals surface area contributed by atoms with Gasteiger partial charge in [0.25, 0.3) is 0 Å². The first kappa shape index (κ1) is 13.9. The summed E-state index contributed by atoms with van der Waals surface area (Å²) in [7, 11) is 1.62. The number of amides is 1. The number of aromatic hydroxyl groups is 1. The molecule has 0 bridgehead atoms. The molecular weight excluding hydrogens is 254 g/mol. The molecule has 2 aromatic rings. The van der Waals surface area contributed by atoms with Crippen molar-refractivity contribution >= 4 is 11.6 Å². The molecule has 0 saturated carbocycles. The Morgan fingerprint density at radius 2 is 2.05 bits per heavy atom. The van der Waals surface area contributed by atoms with Gasteiger partial charge in [-0.15, -0.1) is 0 Å². The van der Waals surface area contributed by atoms with Crippen LogP contribution >= 0.6 is 0 Å². The lowest BCUT2D eigenvalue weighted by atomic mass is 10.1. The topological polar surface area (TPSA) is 74.2 Å². The van der Waals surface area contributed by atoms with Crippen LogP contribution in [0.4, 0.5) is 5.69 Å². The average molecular weight is 271 g/mol. The van der Waals surface area contributed by atoms with E-state index in [0.29, 0.717) is 13.0 Å². The van der Waals surface area contributed by atoms with Crippen molar-refractivity contribution in [1.82, 2.24) is 10.3 Å². The minimum atomic E-state index is -0.0259. The second kappa shape index (κ2) is 6.56. The van der Waals surface area contributed by atoms with E-state index in [1.165, 1.54) is 6.20 Å². The molecule has 0 aliphatic rings. The van der Waals surface area contributed by atoms with E-state index < -0.39 is 0 Å². The molecule has 0 radical (unpaired) electrons. The van der Waals surface area contributed by atoms with Gasteiger partial charge in [-0.25, -0.2) is 0 Å². The summed E-state index contributed by atoms with van der Waals surface area (Å²) in [6.45, 7) is 0.533. The first-order valence-electron chi connectivity index (χ1n) is 6.35. The summed E-state index contributed by atoms with van der Waals surface area (Å²) in [6, 6.07) is 11.0. The van der Waals surface area contributed by atoms with E-state index in [1.54, 1.807) is 19.2 Å². The number of carbonyl (C=O) groups excluding carboxylic acids is 1. The molecule has 5 heteroatoms. The summed E-state index contributed by atoms with van der Waals surface area (Å²) in [6.07, 6.45) is 1.75. The predicted octanol–water partition coefficient (Wildman–Crippen LogP) is 1.69. The summed E-state index contributed by atoms with van der Waals surface area (Å²) in [5.41, 5.74) is 2.66. The minimum Gasteiger partial charge on any atom is -0.506 e. The highest BCUT2D eigenvalue weighted by molar-refractivity contribution is 5.80. The summed E-state index contributed by atoms with van der Waals surface area (Å²) < 4.78 is 0. The monoisotopic (exact) mass is 271 g/mol. The maximum atomic E-state index is 11.5. The van der Waals surface area contributed by atoms with E-state index in [0.717, 1.165) is 16.9 Å². The van der Waals surface area contributed by atoms with Gasteiger partial charge in [0.2, 0.25) is 5.91 Å². The third-order valence-electron chi connectivity index (χ3n) is 2.92. The van der Waals surface area contributed by atoms with Crippen molar-refractivity contribution in [1.29, 1.82) is 0 Å². The number of aromatic nitrogens is 1. The van der Waals surface area contributed by atoms with Gasteiger partial charge in [0.1, 0.15) is 5.75 Å². The highest BCUT2D eigenvalue weighted by atomic mass is 16.3. The van der Waals surface area contributed by atoms with Crippen LogP contribution < -0.4 is 10.6 Å². The molecule has 104 valence electrons. The molecule has 1 amide bonds. The van der Waals surface area contributed by atoms with Crippen LogP contribution in [-0.2, 0) is 17.8 Å². The third kappa shape index (κ3) is 3.71. The van der Waals surface area contributed by atoms with E-state index in [9.17, 15) is 9.90 Å². The Morgan fingerprint density at radius 3 is 2.75 bits per heavy atom. The van der Waals surface area contributed by atoms with Crippen LogP contribution in [0.2, 0.25) is 0 Å². The molecule has 0 atom stereocenters. The van der Waals surface area contributed by atoms with Crippen molar-refractivity contribution in [3.63, 3.8) is 0 Å². The number of nitrogens with zero attached hydrogens (tertiary/aromatic N) is 1. The Labute approximate surface area is 117 Å². The molecule has 1 aromatic heterocycles. The molecule has 3 N–H and O–H groups in total. The molecule has 0 unspecified atom stereocenters. The number of carbonyl (C=O) groups is 1. The number of likely N-dealkylation sites (N-methyl/N-ethyl adjacent to an activating group) is 1. The van der Waals surface area contributed by atoms with E-state index in [-0.39, 0.29) is 11.7 Å². The fourth-order valence-electron chi connectivity index (χ4n) is 1.82. The quantitative estimate of drug-likeness (QED) is 0.773. The smallest absolute Gasteiger partial charge is 0.224 e. The van der Waals surface area contributed by atoms with Gasteiger partial charge in [0.05, 0.1) is 24.9 Å². The van der Waals surface area contributed by atoms with Crippen LogP contribution in [-0.4, -0.2) is 23.0 Å². The zero-order valence-electron chi connectivity index (χ0n) is 11.3. The average Bonchev–Trinajstić information content (AvgIpc) is 2.48. The summed E-state index contributed by atoms with van der Waals surface area (Å²) >= 11 is 0. The SMILES string of the molecule is CNC(=O)Cc1ccccc1NCc1ccc(O)cn1. The Kier molecular flexibility index (Phi) is 4.55. The standard InChI is InChI=1S/C15H17N3O2/c1-16-15(20)8-11-4-2-3-5-14(11)18-9-12-6-7-13(19)10-17-12/h2-7,10,18-19H,8-9H2,1H3,(H,16,20). The van der Waals surface area contributed by atoms with Crippen molar-refractivity contribution in [2.75, 3.05) is 12.4 Å². The third-order valence-corrected chi connectivity index (χ3v) is 2.92. The number of hydrogen-bond acceptors (Lipinski definition) is 4. The van der Waals surface area contributed by atoms with E-state index in [1.807, 2.05) is 24.3 Å². The van der Waals surface area contributed by atoms with Crippen molar-refractivity contribution in [3.8, 4) is 5.75 Å². The van der Waals surface area contributed by atoms with Gasteiger partial charge >= 0.3 is 0 Å². The van der Waals surface area contributed by atoms with Crippen molar-refractivity contribution < 1.29 is 9.90 Å². The number of anilines is 1. The largest absolute Gasteiger partial charge is 0.506 e. The van der Waals surface area contributed by atoms with Crippen LogP contribution in [0.25, 0.3) is 0 Å². The second-order valence-corrected chi connectivity index (χ2v) is 4.37. The molecule has 1 heterocycles. The molecular formula is C15H17N3O2. The zero-order valence-corrected chi connectivity index (χ0v) is 11.3. The summed E-state index contributed by atoms with van der Waals surface area (Å²) in [5, 5.41) is 15.1. The lowest BCUT2D eigenvalue weighted by molar-refractivity contribution is -0.119. The number of rotatable bonds is 5. The molecule has 0 aliphatic carbocycles. The molecule has 0 spiro atoms. The molecule has 20 heavy (non-hydrogen) atoms. The Balaban J connectivity index is 2.05. The number of nitrogens with one attached hydrogen (secondary N) is 2.